The minimum absolute atomic E-state index is 0.267. The van der Waals surface area contributed by atoms with Gasteiger partial charge in [-0.3, -0.25) is 0 Å². The van der Waals surface area contributed by atoms with Crippen LogP contribution < -0.4 is 0 Å². The maximum absolute atomic E-state index is 13.6. The number of halogens is 1. The number of ether oxygens (including phenoxy) is 3. The smallest absolute Gasteiger partial charge is 0.183 e. The summed E-state index contributed by atoms with van der Waals surface area (Å²) in [4.78, 5) is 0.340. The Balaban J connectivity index is 1.55. The molecular formula is C30H43BrO5S. The van der Waals surface area contributed by atoms with Crippen molar-refractivity contribution in [1.82, 2.24) is 0 Å². The van der Waals surface area contributed by atoms with Crippen LogP contribution in [0.3, 0.4) is 0 Å². The third-order valence-electron chi connectivity index (χ3n) is 7.06. The maximum Gasteiger partial charge on any atom is 0.183 e. The van der Waals surface area contributed by atoms with Gasteiger partial charge in [0.25, 0.3) is 0 Å². The summed E-state index contributed by atoms with van der Waals surface area (Å²) in [7, 11) is -3.56. The molecule has 206 valence electrons. The van der Waals surface area contributed by atoms with Gasteiger partial charge in [-0.15, -0.1) is 0 Å². The number of hydrogen-bond acceptors (Lipinski definition) is 5. The topological polar surface area (TPSA) is 61.8 Å². The molecule has 1 heterocycles. The molecule has 2 atom stereocenters. The highest BCUT2D eigenvalue weighted by atomic mass is 79.9. The molecule has 0 bridgehead atoms. The van der Waals surface area contributed by atoms with E-state index < -0.39 is 20.2 Å². The molecule has 0 spiro atoms. The minimum Gasteiger partial charge on any atom is -0.377 e. The highest BCUT2D eigenvalue weighted by Crippen LogP contribution is 2.38. The van der Waals surface area contributed by atoms with Crippen molar-refractivity contribution in [3.05, 3.63) is 64.6 Å². The first-order chi connectivity index (χ1) is 17.6. The van der Waals surface area contributed by atoms with Crippen LogP contribution in [0.5, 0.6) is 0 Å². The van der Waals surface area contributed by atoms with Gasteiger partial charge in [0, 0.05) is 17.7 Å². The molecule has 2 aromatic rings. The Morgan fingerprint density at radius 1 is 0.946 bits per heavy atom. The van der Waals surface area contributed by atoms with E-state index in [0.29, 0.717) is 24.5 Å². The summed E-state index contributed by atoms with van der Waals surface area (Å²) in [5, 5.41) is 0. The predicted octanol–water partition coefficient (Wildman–Crippen LogP) is 7.86. The second kappa shape index (κ2) is 14.2. The van der Waals surface area contributed by atoms with Crippen LogP contribution in [-0.2, 0) is 30.7 Å². The van der Waals surface area contributed by atoms with Gasteiger partial charge in [0.05, 0.1) is 21.9 Å². The van der Waals surface area contributed by atoms with Gasteiger partial charge >= 0.3 is 0 Å². The highest BCUT2D eigenvalue weighted by molar-refractivity contribution is 9.10. The Labute approximate surface area is 232 Å². The lowest BCUT2D eigenvalue weighted by atomic mass is 9.88. The first-order valence-electron chi connectivity index (χ1n) is 13.5. The normalized spacial score (nSPS) is 18.4. The Morgan fingerprint density at radius 2 is 1.65 bits per heavy atom. The first-order valence-corrected chi connectivity index (χ1v) is 15.8. The second-order valence-electron chi connectivity index (χ2n) is 11.0. The lowest BCUT2D eigenvalue weighted by Gasteiger charge is -2.40. The van der Waals surface area contributed by atoms with Gasteiger partial charge in [-0.2, -0.15) is 0 Å². The van der Waals surface area contributed by atoms with E-state index in [-0.39, 0.29) is 6.29 Å². The molecule has 0 saturated carbocycles. The van der Waals surface area contributed by atoms with Crippen molar-refractivity contribution in [3.8, 4) is 0 Å². The molecule has 5 nitrogen and oxygen atoms in total. The Kier molecular flexibility index (Phi) is 11.6. The Bertz CT molecular complexity index is 1030. The van der Waals surface area contributed by atoms with Crippen LogP contribution in [0.4, 0.5) is 0 Å². The zero-order valence-electron chi connectivity index (χ0n) is 22.6. The van der Waals surface area contributed by atoms with Gasteiger partial charge in [0.2, 0.25) is 0 Å². The molecule has 1 aliphatic heterocycles. The van der Waals surface area contributed by atoms with Crippen molar-refractivity contribution in [2.75, 3.05) is 13.2 Å². The molecule has 0 aromatic heterocycles. The highest BCUT2D eigenvalue weighted by Gasteiger charge is 2.43. The minimum atomic E-state index is -3.56. The van der Waals surface area contributed by atoms with Crippen molar-refractivity contribution >= 4 is 25.8 Å². The summed E-state index contributed by atoms with van der Waals surface area (Å²) in [6.45, 7) is 7.79. The van der Waals surface area contributed by atoms with E-state index in [1.165, 1.54) is 5.56 Å². The average Bonchev–Trinajstić information content (AvgIpc) is 2.86. The third kappa shape index (κ3) is 9.47. The zero-order chi connectivity index (χ0) is 26.8. The van der Waals surface area contributed by atoms with Crippen LogP contribution in [-0.4, -0.2) is 38.3 Å². The number of sulfone groups is 1. The number of rotatable bonds is 15. The van der Waals surface area contributed by atoms with E-state index >= 15 is 0 Å². The summed E-state index contributed by atoms with van der Waals surface area (Å²) >= 11 is 3.40. The summed E-state index contributed by atoms with van der Waals surface area (Å²) in [6.07, 6.45) is 8.01. The van der Waals surface area contributed by atoms with Crippen molar-refractivity contribution in [1.29, 1.82) is 0 Å². The molecule has 0 amide bonds. The van der Waals surface area contributed by atoms with Crippen molar-refractivity contribution in [3.63, 3.8) is 0 Å². The van der Waals surface area contributed by atoms with Gasteiger partial charge in [0.15, 0.2) is 16.1 Å². The lowest BCUT2D eigenvalue weighted by molar-refractivity contribution is -0.225. The number of hydrogen-bond donors (Lipinski definition) is 0. The van der Waals surface area contributed by atoms with Gasteiger partial charge in [0.1, 0.15) is 0 Å². The molecule has 1 aliphatic rings. The van der Waals surface area contributed by atoms with Gasteiger partial charge in [-0.25, -0.2) is 8.42 Å². The van der Waals surface area contributed by atoms with Crippen LogP contribution in [0.15, 0.2) is 64.0 Å². The van der Waals surface area contributed by atoms with Gasteiger partial charge in [-0.1, -0.05) is 65.5 Å². The summed E-state index contributed by atoms with van der Waals surface area (Å²) in [5.41, 5.74) is 0.596. The molecular weight excluding hydrogens is 552 g/mol. The molecule has 3 rings (SSSR count). The molecule has 1 fully saturated rings. The SMILES string of the molecule is CC(CCCCCCOCc1ccccc1)(CC(C)(C)S(=O)(=O)c1ccc(Br)cc1)OC1CCCCO1. The average molecular weight is 596 g/mol. The van der Waals surface area contributed by atoms with E-state index in [0.717, 1.165) is 62.4 Å². The van der Waals surface area contributed by atoms with E-state index in [1.807, 2.05) is 32.0 Å². The van der Waals surface area contributed by atoms with Crippen LogP contribution in [0, 0.1) is 0 Å². The fourth-order valence-electron chi connectivity index (χ4n) is 5.06. The third-order valence-corrected chi connectivity index (χ3v) is 10.1. The summed E-state index contributed by atoms with van der Waals surface area (Å²) in [6, 6.07) is 17.1. The van der Waals surface area contributed by atoms with Gasteiger partial charge in [-0.05, 0) is 89.1 Å². The molecule has 2 aromatic carbocycles. The molecule has 0 aliphatic carbocycles. The van der Waals surface area contributed by atoms with Crippen molar-refractivity contribution in [2.24, 2.45) is 0 Å². The van der Waals surface area contributed by atoms with E-state index in [1.54, 1.807) is 24.3 Å². The van der Waals surface area contributed by atoms with E-state index in [4.69, 9.17) is 14.2 Å². The zero-order valence-corrected chi connectivity index (χ0v) is 25.0. The molecule has 37 heavy (non-hydrogen) atoms. The largest absolute Gasteiger partial charge is 0.377 e. The summed E-state index contributed by atoms with van der Waals surface area (Å²) in [5.74, 6) is 0. The molecule has 2 unspecified atom stereocenters. The Hall–Kier alpha value is -1.25. The fraction of sp³-hybridized carbons (Fsp3) is 0.600. The fourth-order valence-corrected chi connectivity index (χ4v) is 6.95. The van der Waals surface area contributed by atoms with Crippen LogP contribution in [0.2, 0.25) is 0 Å². The standard InChI is InChI=1S/C30H43BrO5S/c1-29(2,37(32,33)27-18-16-26(31)17-19-27)24-30(3,36-28-15-9-12-22-35-28)20-10-4-5-11-21-34-23-25-13-7-6-8-14-25/h6-8,13-14,16-19,28H,4-5,9-12,15,20-24H2,1-3H3. The van der Waals surface area contributed by atoms with Crippen LogP contribution in [0.25, 0.3) is 0 Å². The maximum atomic E-state index is 13.6. The predicted molar refractivity (Wildman–Crippen MR) is 152 cm³/mol. The summed E-state index contributed by atoms with van der Waals surface area (Å²) < 4.78 is 45.3. The lowest BCUT2D eigenvalue weighted by Crippen LogP contribution is -2.45. The second-order valence-corrected chi connectivity index (χ2v) is 14.5. The van der Waals surface area contributed by atoms with Crippen LogP contribution in [0.1, 0.15) is 84.1 Å². The van der Waals surface area contributed by atoms with Crippen molar-refractivity contribution < 1.29 is 22.6 Å². The monoisotopic (exact) mass is 594 g/mol. The first kappa shape index (κ1) is 30.3. The van der Waals surface area contributed by atoms with E-state index in [9.17, 15) is 8.42 Å². The Morgan fingerprint density at radius 3 is 2.32 bits per heavy atom. The van der Waals surface area contributed by atoms with Gasteiger partial charge < -0.3 is 14.2 Å². The van der Waals surface area contributed by atoms with Crippen molar-refractivity contribution in [2.45, 2.75) is 107 Å². The quantitative estimate of drug-likeness (QED) is 0.196. The number of benzene rings is 2. The molecule has 0 N–H and O–H groups in total. The molecule has 0 radical (unpaired) electrons. The van der Waals surface area contributed by atoms with E-state index in [2.05, 4.69) is 35.0 Å². The molecule has 7 heteroatoms. The molecule has 1 saturated heterocycles. The van der Waals surface area contributed by atoms with Crippen LogP contribution >= 0.6 is 15.9 Å². The number of unbranched alkanes of at least 4 members (excludes halogenated alkanes) is 3.